The van der Waals surface area contributed by atoms with E-state index in [0.717, 1.165) is 38.2 Å². The SMILES string of the molecule is CCOC1CCCN(Cc2c(C(=O)O)cnn2C)C1. The van der Waals surface area contributed by atoms with E-state index in [4.69, 9.17) is 9.84 Å². The van der Waals surface area contributed by atoms with E-state index in [1.54, 1.807) is 11.7 Å². The second-order valence-electron chi connectivity index (χ2n) is 4.89. The summed E-state index contributed by atoms with van der Waals surface area (Å²) in [6.07, 6.45) is 3.86. The van der Waals surface area contributed by atoms with Gasteiger partial charge in [0.05, 0.1) is 18.0 Å². The van der Waals surface area contributed by atoms with Crippen molar-refractivity contribution in [1.82, 2.24) is 14.7 Å². The van der Waals surface area contributed by atoms with Crippen molar-refractivity contribution in [3.8, 4) is 0 Å². The molecule has 0 saturated carbocycles. The van der Waals surface area contributed by atoms with Crippen molar-refractivity contribution in [2.45, 2.75) is 32.4 Å². The number of ether oxygens (including phenoxy) is 1. The van der Waals surface area contributed by atoms with E-state index in [1.165, 1.54) is 6.20 Å². The van der Waals surface area contributed by atoms with E-state index in [-0.39, 0.29) is 6.10 Å². The molecule has 0 amide bonds. The Morgan fingerprint density at radius 1 is 1.63 bits per heavy atom. The zero-order valence-corrected chi connectivity index (χ0v) is 11.5. The van der Waals surface area contributed by atoms with Gasteiger partial charge in [-0.25, -0.2) is 4.79 Å². The number of aromatic carboxylic acids is 1. The Morgan fingerprint density at radius 2 is 2.42 bits per heavy atom. The maximum Gasteiger partial charge on any atom is 0.339 e. The van der Waals surface area contributed by atoms with Gasteiger partial charge in [-0.1, -0.05) is 0 Å². The fraction of sp³-hybridized carbons (Fsp3) is 0.692. The summed E-state index contributed by atoms with van der Waals surface area (Å²) in [5.74, 6) is -0.915. The second-order valence-corrected chi connectivity index (χ2v) is 4.89. The number of carbonyl (C=O) groups is 1. The zero-order valence-electron chi connectivity index (χ0n) is 11.5. The maximum atomic E-state index is 11.1. The van der Waals surface area contributed by atoms with E-state index in [2.05, 4.69) is 10.00 Å². The number of aromatic nitrogens is 2. The number of rotatable bonds is 5. The minimum absolute atomic E-state index is 0.264. The summed E-state index contributed by atoms with van der Waals surface area (Å²) in [5.41, 5.74) is 1.05. The van der Waals surface area contributed by atoms with Gasteiger partial charge in [-0.3, -0.25) is 9.58 Å². The van der Waals surface area contributed by atoms with Crippen LogP contribution in [-0.4, -0.2) is 51.6 Å². The molecule has 6 heteroatoms. The number of hydrogen-bond acceptors (Lipinski definition) is 4. The number of carboxylic acids is 1. The molecule has 2 heterocycles. The summed E-state index contributed by atoms with van der Waals surface area (Å²) in [7, 11) is 1.78. The van der Waals surface area contributed by atoms with E-state index >= 15 is 0 Å². The zero-order chi connectivity index (χ0) is 13.8. The highest BCUT2D eigenvalue weighted by Crippen LogP contribution is 2.17. The molecule has 0 aromatic carbocycles. The molecule has 1 fully saturated rings. The fourth-order valence-corrected chi connectivity index (χ4v) is 2.57. The van der Waals surface area contributed by atoms with Crippen molar-refractivity contribution >= 4 is 5.97 Å². The molecule has 6 nitrogen and oxygen atoms in total. The first kappa shape index (κ1) is 14.0. The van der Waals surface area contributed by atoms with Gasteiger partial charge in [-0.15, -0.1) is 0 Å². The van der Waals surface area contributed by atoms with Crippen LogP contribution in [0, 0.1) is 0 Å². The van der Waals surface area contributed by atoms with Crippen LogP contribution in [0.5, 0.6) is 0 Å². The Bertz CT molecular complexity index is 442. The first-order valence-electron chi connectivity index (χ1n) is 6.70. The van der Waals surface area contributed by atoms with Crippen LogP contribution in [0.4, 0.5) is 0 Å². The molecule has 19 heavy (non-hydrogen) atoms. The van der Waals surface area contributed by atoms with Gasteiger partial charge in [0, 0.05) is 26.7 Å². The second kappa shape index (κ2) is 6.16. The van der Waals surface area contributed by atoms with Gasteiger partial charge in [-0.05, 0) is 26.3 Å². The molecule has 1 atom stereocenters. The van der Waals surface area contributed by atoms with E-state index in [1.807, 2.05) is 6.92 Å². The smallest absolute Gasteiger partial charge is 0.339 e. The summed E-state index contributed by atoms with van der Waals surface area (Å²) in [6, 6.07) is 0. The number of likely N-dealkylation sites (tertiary alicyclic amines) is 1. The molecule has 1 saturated heterocycles. The number of aryl methyl sites for hydroxylation is 1. The van der Waals surface area contributed by atoms with Crippen molar-refractivity contribution in [2.24, 2.45) is 7.05 Å². The summed E-state index contributed by atoms with van der Waals surface area (Å²) in [4.78, 5) is 13.4. The largest absolute Gasteiger partial charge is 0.478 e. The van der Waals surface area contributed by atoms with Gasteiger partial charge in [0.2, 0.25) is 0 Å². The van der Waals surface area contributed by atoms with E-state index in [0.29, 0.717) is 12.1 Å². The predicted octanol–water partition coefficient (Wildman–Crippen LogP) is 1.12. The first-order valence-corrected chi connectivity index (χ1v) is 6.70. The van der Waals surface area contributed by atoms with Crippen molar-refractivity contribution < 1.29 is 14.6 Å². The van der Waals surface area contributed by atoms with Crippen molar-refractivity contribution in [2.75, 3.05) is 19.7 Å². The van der Waals surface area contributed by atoms with Gasteiger partial charge >= 0.3 is 5.97 Å². The van der Waals surface area contributed by atoms with Gasteiger partial charge < -0.3 is 9.84 Å². The highest BCUT2D eigenvalue weighted by atomic mass is 16.5. The standard InChI is InChI=1S/C13H21N3O3/c1-3-19-10-5-4-6-16(8-10)9-12-11(13(17)18)7-14-15(12)2/h7,10H,3-6,8-9H2,1-2H3,(H,17,18). The first-order chi connectivity index (χ1) is 9.11. The molecule has 106 valence electrons. The van der Waals surface area contributed by atoms with Crippen LogP contribution < -0.4 is 0 Å². The Labute approximate surface area is 113 Å². The third-order valence-corrected chi connectivity index (χ3v) is 3.53. The van der Waals surface area contributed by atoms with Crippen LogP contribution >= 0.6 is 0 Å². The summed E-state index contributed by atoms with van der Waals surface area (Å²) >= 11 is 0. The number of piperidine rings is 1. The highest BCUT2D eigenvalue weighted by molar-refractivity contribution is 5.88. The molecule has 1 unspecified atom stereocenters. The molecule has 1 aromatic heterocycles. The van der Waals surface area contributed by atoms with Crippen LogP contribution in [0.25, 0.3) is 0 Å². The summed E-state index contributed by atoms with van der Waals surface area (Å²) < 4.78 is 7.31. The number of nitrogens with zero attached hydrogens (tertiary/aromatic N) is 3. The minimum atomic E-state index is -0.915. The molecule has 0 spiro atoms. The Hall–Kier alpha value is -1.40. The van der Waals surface area contributed by atoms with Gasteiger partial charge in [0.15, 0.2) is 0 Å². The molecule has 2 rings (SSSR count). The minimum Gasteiger partial charge on any atom is -0.478 e. The lowest BCUT2D eigenvalue weighted by atomic mass is 10.1. The number of hydrogen-bond donors (Lipinski definition) is 1. The van der Waals surface area contributed by atoms with E-state index in [9.17, 15) is 4.79 Å². The lowest BCUT2D eigenvalue weighted by molar-refractivity contribution is 0.00295. The van der Waals surface area contributed by atoms with Crippen molar-refractivity contribution in [3.63, 3.8) is 0 Å². The predicted molar refractivity (Wildman–Crippen MR) is 70.1 cm³/mol. The van der Waals surface area contributed by atoms with Gasteiger partial charge in [-0.2, -0.15) is 5.10 Å². The monoisotopic (exact) mass is 267 g/mol. The van der Waals surface area contributed by atoms with Crippen LogP contribution in [-0.2, 0) is 18.3 Å². The normalized spacial score (nSPS) is 20.6. The van der Waals surface area contributed by atoms with Crippen molar-refractivity contribution in [1.29, 1.82) is 0 Å². The summed E-state index contributed by atoms with van der Waals surface area (Å²) in [5, 5.41) is 13.2. The highest BCUT2D eigenvalue weighted by Gasteiger charge is 2.23. The van der Waals surface area contributed by atoms with Gasteiger partial charge in [0.1, 0.15) is 5.56 Å². The lowest BCUT2D eigenvalue weighted by Gasteiger charge is -2.32. The third-order valence-electron chi connectivity index (χ3n) is 3.53. The molecule has 1 aromatic rings. The molecule has 1 N–H and O–H groups in total. The topological polar surface area (TPSA) is 67.6 Å². The van der Waals surface area contributed by atoms with Crippen molar-refractivity contribution in [3.05, 3.63) is 17.5 Å². The van der Waals surface area contributed by atoms with Crippen LogP contribution in [0.15, 0.2) is 6.20 Å². The molecule has 0 aliphatic carbocycles. The van der Waals surface area contributed by atoms with E-state index < -0.39 is 5.97 Å². The molecular formula is C13H21N3O3. The summed E-state index contributed by atoms with van der Waals surface area (Å²) in [6.45, 7) is 5.18. The fourth-order valence-electron chi connectivity index (χ4n) is 2.57. The molecule has 0 bridgehead atoms. The quantitative estimate of drug-likeness (QED) is 0.866. The molecule has 1 aliphatic rings. The Morgan fingerprint density at radius 3 is 3.11 bits per heavy atom. The lowest BCUT2D eigenvalue weighted by Crippen LogP contribution is -2.39. The maximum absolute atomic E-state index is 11.1. The average Bonchev–Trinajstić information content (AvgIpc) is 2.72. The Kier molecular flexibility index (Phi) is 4.55. The van der Waals surface area contributed by atoms with Crippen LogP contribution in [0.2, 0.25) is 0 Å². The average molecular weight is 267 g/mol. The van der Waals surface area contributed by atoms with Gasteiger partial charge in [0.25, 0.3) is 0 Å². The van der Waals surface area contributed by atoms with Crippen LogP contribution in [0.1, 0.15) is 35.8 Å². The molecular weight excluding hydrogens is 246 g/mol. The molecule has 1 aliphatic heterocycles. The third kappa shape index (κ3) is 3.33. The number of carboxylic acid groups (broad SMARTS) is 1. The Balaban J connectivity index is 2.04. The van der Waals surface area contributed by atoms with Crippen LogP contribution in [0.3, 0.4) is 0 Å². The molecule has 0 radical (unpaired) electrons.